The number of urea groups is 1. The van der Waals surface area contributed by atoms with Gasteiger partial charge in [-0.3, -0.25) is 9.48 Å². The lowest BCUT2D eigenvalue weighted by Crippen LogP contribution is -2.50. The minimum absolute atomic E-state index is 0.196. The highest BCUT2D eigenvalue weighted by Crippen LogP contribution is 2.30. The van der Waals surface area contributed by atoms with E-state index in [9.17, 15) is 9.59 Å². The molecule has 3 aromatic rings. The monoisotopic (exact) mass is 462 g/mol. The molecule has 0 spiro atoms. The third-order valence-electron chi connectivity index (χ3n) is 5.77. The van der Waals surface area contributed by atoms with Crippen LogP contribution >= 0.6 is 11.6 Å². The van der Waals surface area contributed by atoms with Crippen LogP contribution in [0, 0.1) is 11.3 Å². The van der Waals surface area contributed by atoms with Crippen LogP contribution in [0.25, 0.3) is 11.3 Å². The number of nitriles is 1. The average Bonchev–Trinajstić information content (AvgIpc) is 3.18. The van der Waals surface area contributed by atoms with Gasteiger partial charge in [0.25, 0.3) is 5.91 Å². The van der Waals surface area contributed by atoms with Gasteiger partial charge in [-0.1, -0.05) is 35.9 Å². The summed E-state index contributed by atoms with van der Waals surface area (Å²) >= 11 is 6.12. The maximum Gasteiger partial charge on any atom is 0.318 e. The summed E-state index contributed by atoms with van der Waals surface area (Å²) in [4.78, 5) is 27.1. The van der Waals surface area contributed by atoms with E-state index >= 15 is 0 Å². The summed E-state index contributed by atoms with van der Waals surface area (Å²) < 4.78 is 1.73. The van der Waals surface area contributed by atoms with Gasteiger partial charge in [0, 0.05) is 17.1 Å². The van der Waals surface area contributed by atoms with Crippen molar-refractivity contribution < 1.29 is 9.59 Å². The van der Waals surface area contributed by atoms with Gasteiger partial charge in [-0.2, -0.15) is 10.4 Å². The first-order valence-corrected chi connectivity index (χ1v) is 10.8. The highest BCUT2D eigenvalue weighted by atomic mass is 35.5. The van der Waals surface area contributed by atoms with Crippen molar-refractivity contribution in [2.24, 2.45) is 5.73 Å². The molecule has 0 saturated heterocycles. The number of nitrogens with two attached hydrogens (primary N) is 1. The predicted molar refractivity (Wildman–Crippen MR) is 124 cm³/mol. The fourth-order valence-electron chi connectivity index (χ4n) is 3.97. The summed E-state index contributed by atoms with van der Waals surface area (Å²) in [7, 11) is 0. The van der Waals surface area contributed by atoms with Gasteiger partial charge in [0.15, 0.2) is 0 Å². The molecule has 0 bridgehead atoms. The zero-order valence-corrected chi connectivity index (χ0v) is 19.1. The van der Waals surface area contributed by atoms with E-state index in [2.05, 4.69) is 16.5 Å². The number of nitrogens with zero attached hydrogens (tertiary/aromatic N) is 4. The number of hydrogen-bond acceptors (Lipinski definition) is 4. The molecule has 33 heavy (non-hydrogen) atoms. The molecule has 3 N–H and O–H groups in total. The van der Waals surface area contributed by atoms with E-state index < -0.39 is 11.4 Å². The van der Waals surface area contributed by atoms with Crippen molar-refractivity contribution in [3.63, 3.8) is 0 Å². The summed E-state index contributed by atoms with van der Waals surface area (Å²) in [6.45, 7) is 4.85. The van der Waals surface area contributed by atoms with Gasteiger partial charge < -0.3 is 16.0 Å². The molecule has 168 valence electrons. The van der Waals surface area contributed by atoms with E-state index in [-0.39, 0.29) is 12.6 Å². The molecule has 1 aliphatic rings. The largest absolute Gasteiger partial charge is 0.365 e. The maximum absolute atomic E-state index is 13.1. The molecule has 4 rings (SSSR count). The van der Waals surface area contributed by atoms with Gasteiger partial charge in [0.2, 0.25) is 0 Å². The molecule has 3 amide bonds. The molecule has 0 atom stereocenters. The number of amides is 3. The van der Waals surface area contributed by atoms with Gasteiger partial charge >= 0.3 is 6.03 Å². The lowest BCUT2D eigenvalue weighted by molar-refractivity contribution is 0.0997. The van der Waals surface area contributed by atoms with E-state index in [4.69, 9.17) is 22.6 Å². The normalized spacial score (nSPS) is 13.2. The predicted octanol–water partition coefficient (Wildman–Crippen LogP) is 3.63. The van der Waals surface area contributed by atoms with Crippen molar-refractivity contribution in [2.75, 3.05) is 6.54 Å². The second kappa shape index (κ2) is 8.60. The van der Waals surface area contributed by atoms with Crippen LogP contribution in [0.2, 0.25) is 5.02 Å². The van der Waals surface area contributed by atoms with Crippen LogP contribution in [-0.4, -0.2) is 33.2 Å². The first kappa shape index (κ1) is 22.4. The molecule has 2 heterocycles. The smallest absolute Gasteiger partial charge is 0.318 e. The van der Waals surface area contributed by atoms with Crippen LogP contribution in [-0.2, 0) is 18.6 Å². The number of carbonyl (C=O) groups is 2. The third-order valence-corrected chi connectivity index (χ3v) is 6.00. The molecule has 1 aliphatic heterocycles. The van der Waals surface area contributed by atoms with Crippen molar-refractivity contribution in [1.29, 1.82) is 5.26 Å². The minimum atomic E-state index is -0.665. The summed E-state index contributed by atoms with van der Waals surface area (Å²) in [5.41, 5.74) is 8.51. The Labute approximate surface area is 196 Å². The number of benzene rings is 2. The Hall–Kier alpha value is -3.83. The highest BCUT2D eigenvalue weighted by Gasteiger charge is 2.32. The fraction of sp³-hybridized carbons (Fsp3) is 0.250. The molecule has 0 radical (unpaired) electrons. The van der Waals surface area contributed by atoms with E-state index in [0.29, 0.717) is 46.2 Å². The van der Waals surface area contributed by atoms with Crippen molar-refractivity contribution in [3.05, 3.63) is 75.9 Å². The summed E-state index contributed by atoms with van der Waals surface area (Å²) in [5.74, 6) is -0.605. The number of fused-ring (bicyclic) bond motifs is 1. The van der Waals surface area contributed by atoms with Crippen LogP contribution in [0.1, 0.15) is 41.0 Å². The highest BCUT2D eigenvalue weighted by molar-refractivity contribution is 6.30. The minimum Gasteiger partial charge on any atom is -0.365 e. The lowest BCUT2D eigenvalue weighted by atomic mass is 9.93. The Morgan fingerprint density at radius 1 is 1.18 bits per heavy atom. The second-order valence-electron chi connectivity index (χ2n) is 8.43. The van der Waals surface area contributed by atoms with Crippen molar-refractivity contribution in [3.8, 4) is 17.3 Å². The van der Waals surface area contributed by atoms with Crippen LogP contribution in [0.3, 0.4) is 0 Å². The molecular formula is C24H23ClN6O2. The van der Waals surface area contributed by atoms with Crippen LogP contribution in [0.15, 0.2) is 48.5 Å². The Kier molecular flexibility index (Phi) is 5.83. The molecule has 0 fully saturated rings. The number of carbonyl (C=O) groups excluding carboxylic acids is 2. The number of primary amides is 1. The molecule has 0 unspecified atom stereocenters. The van der Waals surface area contributed by atoms with Crippen molar-refractivity contribution in [1.82, 2.24) is 20.0 Å². The van der Waals surface area contributed by atoms with Crippen molar-refractivity contribution >= 4 is 23.5 Å². The SMILES string of the molecule is CC(C)(NC(=O)N1CCn2nc(-c3cccc(Cl)c3)c(C(N)=O)c2C1)c1ccc(C#N)cc1. The molecule has 1 aromatic heterocycles. The van der Waals surface area contributed by atoms with E-state index in [1.165, 1.54) is 0 Å². The van der Waals surface area contributed by atoms with Gasteiger partial charge in [-0.25, -0.2) is 4.79 Å². The molecule has 0 aliphatic carbocycles. The lowest BCUT2D eigenvalue weighted by Gasteiger charge is -2.33. The molecule has 8 nitrogen and oxygen atoms in total. The third kappa shape index (κ3) is 4.41. The Balaban J connectivity index is 1.58. The number of nitrogens with one attached hydrogen (secondary N) is 1. The quantitative estimate of drug-likeness (QED) is 0.615. The van der Waals surface area contributed by atoms with E-state index in [1.807, 2.05) is 32.0 Å². The standard InChI is InChI=1S/C24H23ClN6O2/c1-24(2,17-8-6-15(13-26)7-9-17)28-23(33)30-10-11-31-19(14-30)20(22(27)32)21(29-31)16-4-3-5-18(25)12-16/h3-9,12H,10-11,14H2,1-2H3,(H2,27,32)(H,28,33). The molecule has 2 aromatic carbocycles. The Morgan fingerprint density at radius 2 is 1.91 bits per heavy atom. The number of aromatic nitrogens is 2. The zero-order valence-electron chi connectivity index (χ0n) is 18.3. The van der Waals surface area contributed by atoms with E-state index in [0.717, 1.165) is 5.56 Å². The first-order chi connectivity index (χ1) is 15.7. The van der Waals surface area contributed by atoms with Gasteiger partial charge in [0.1, 0.15) is 5.69 Å². The molecule has 0 saturated carbocycles. The topological polar surface area (TPSA) is 117 Å². The van der Waals surface area contributed by atoms with E-state index in [1.54, 1.807) is 39.9 Å². The summed E-state index contributed by atoms with van der Waals surface area (Å²) in [6.07, 6.45) is 0. The zero-order chi connectivity index (χ0) is 23.8. The fourth-order valence-corrected chi connectivity index (χ4v) is 4.16. The summed E-state index contributed by atoms with van der Waals surface area (Å²) in [5, 5.41) is 17.2. The van der Waals surface area contributed by atoms with Crippen molar-refractivity contribution in [2.45, 2.75) is 32.5 Å². The average molecular weight is 463 g/mol. The number of rotatable bonds is 4. The van der Waals surface area contributed by atoms with Gasteiger partial charge in [0.05, 0.1) is 41.5 Å². The Bertz CT molecular complexity index is 1270. The maximum atomic E-state index is 13.1. The van der Waals surface area contributed by atoms with Crippen LogP contribution < -0.4 is 11.1 Å². The molecular weight excluding hydrogens is 440 g/mol. The van der Waals surface area contributed by atoms with Crippen LogP contribution in [0.5, 0.6) is 0 Å². The molecule has 9 heteroatoms. The Morgan fingerprint density at radius 3 is 2.55 bits per heavy atom. The van der Waals surface area contributed by atoms with Gasteiger partial charge in [-0.05, 0) is 43.7 Å². The number of hydrogen-bond donors (Lipinski definition) is 2. The van der Waals surface area contributed by atoms with Crippen LogP contribution in [0.4, 0.5) is 4.79 Å². The number of halogens is 1. The second-order valence-corrected chi connectivity index (χ2v) is 8.87. The summed E-state index contributed by atoms with van der Waals surface area (Å²) in [6, 6.07) is 16.0. The van der Waals surface area contributed by atoms with Gasteiger partial charge in [-0.15, -0.1) is 0 Å². The first-order valence-electron chi connectivity index (χ1n) is 10.4.